The van der Waals surface area contributed by atoms with Crippen LogP contribution in [0, 0.1) is 0 Å². The van der Waals surface area contributed by atoms with E-state index in [0.29, 0.717) is 31.5 Å². The average molecular weight is 522 g/mol. The molecule has 0 aliphatic heterocycles. The zero-order chi connectivity index (χ0) is 20.4. The van der Waals surface area contributed by atoms with Crippen LogP contribution in [0.15, 0.2) is 39.8 Å². The summed E-state index contributed by atoms with van der Waals surface area (Å²) in [4.78, 5) is 4.48. The summed E-state index contributed by atoms with van der Waals surface area (Å²) in [6, 6.07) is 8.49. The van der Waals surface area contributed by atoms with Gasteiger partial charge in [0.1, 0.15) is 5.75 Å². The molecule has 0 amide bonds. The van der Waals surface area contributed by atoms with Crippen molar-refractivity contribution in [2.45, 2.75) is 59.2 Å². The summed E-state index contributed by atoms with van der Waals surface area (Å²) in [5, 5.41) is 10.5. The van der Waals surface area contributed by atoms with Crippen molar-refractivity contribution < 1.29 is 18.0 Å². The van der Waals surface area contributed by atoms with Crippen molar-refractivity contribution in [1.29, 1.82) is 0 Å². The highest BCUT2D eigenvalue weighted by molar-refractivity contribution is 14.0. The molecule has 0 fully saturated rings. The quantitative estimate of drug-likeness (QED) is 0.260. The van der Waals surface area contributed by atoms with Crippen molar-refractivity contribution in [3.8, 4) is 5.75 Å². The Kier molecular flexibility index (Phi) is 11.6. The standard InChI is InChI=1S/C20H28F2N4O2.HI/c1-4-15(5-2)18-11-17(28-26-18)13-25-20(23-6-3)24-12-14-8-7-9-16(10-14)27-19(21)22;/h7-11,15,19H,4-6,12-13H2,1-3H3,(H2,23,24,25);1H. The molecule has 1 aromatic carbocycles. The van der Waals surface area contributed by atoms with Crippen LogP contribution in [0.3, 0.4) is 0 Å². The number of alkyl halides is 2. The van der Waals surface area contributed by atoms with E-state index in [-0.39, 0.29) is 29.7 Å². The highest BCUT2D eigenvalue weighted by atomic mass is 127. The molecule has 9 heteroatoms. The molecule has 162 valence electrons. The predicted octanol–water partition coefficient (Wildman–Crippen LogP) is 5.05. The summed E-state index contributed by atoms with van der Waals surface area (Å²) in [6.45, 7) is 4.86. The SMILES string of the molecule is CCNC(=NCc1cccc(OC(F)F)c1)NCc1cc(C(CC)CC)no1.I. The van der Waals surface area contributed by atoms with Gasteiger partial charge in [-0.3, -0.25) is 0 Å². The number of ether oxygens (including phenoxy) is 1. The summed E-state index contributed by atoms with van der Waals surface area (Å²) in [7, 11) is 0. The number of nitrogens with one attached hydrogen (secondary N) is 2. The van der Waals surface area contributed by atoms with Gasteiger partial charge >= 0.3 is 6.61 Å². The molecule has 0 spiro atoms. The summed E-state index contributed by atoms with van der Waals surface area (Å²) in [5.41, 5.74) is 1.74. The molecule has 0 unspecified atom stereocenters. The number of guanidine groups is 1. The second-order valence-corrected chi connectivity index (χ2v) is 6.31. The smallest absolute Gasteiger partial charge is 0.387 e. The van der Waals surface area contributed by atoms with Crippen molar-refractivity contribution in [3.63, 3.8) is 0 Å². The van der Waals surface area contributed by atoms with Gasteiger partial charge < -0.3 is 19.9 Å². The highest BCUT2D eigenvalue weighted by Crippen LogP contribution is 2.22. The van der Waals surface area contributed by atoms with Crippen molar-refractivity contribution in [2.75, 3.05) is 6.54 Å². The highest BCUT2D eigenvalue weighted by Gasteiger charge is 2.13. The Labute approximate surface area is 187 Å². The minimum Gasteiger partial charge on any atom is -0.435 e. The first-order chi connectivity index (χ1) is 13.5. The number of benzene rings is 1. The Morgan fingerprint density at radius 2 is 1.93 bits per heavy atom. The van der Waals surface area contributed by atoms with Gasteiger partial charge in [0.05, 0.1) is 18.8 Å². The molecule has 2 aromatic rings. The zero-order valence-corrected chi connectivity index (χ0v) is 19.3. The lowest BCUT2D eigenvalue weighted by Crippen LogP contribution is -2.36. The third kappa shape index (κ3) is 8.55. The molecule has 6 nitrogen and oxygen atoms in total. The van der Waals surface area contributed by atoms with E-state index < -0.39 is 6.61 Å². The van der Waals surface area contributed by atoms with E-state index in [9.17, 15) is 8.78 Å². The molecular formula is C20H29F2IN4O2. The largest absolute Gasteiger partial charge is 0.435 e. The van der Waals surface area contributed by atoms with Gasteiger partial charge in [-0.15, -0.1) is 24.0 Å². The molecule has 2 N–H and O–H groups in total. The maximum Gasteiger partial charge on any atom is 0.387 e. The molecule has 0 aliphatic rings. The Hall–Kier alpha value is -1.91. The van der Waals surface area contributed by atoms with Gasteiger partial charge in [0.2, 0.25) is 0 Å². The lowest BCUT2D eigenvalue weighted by atomic mass is 9.99. The summed E-state index contributed by atoms with van der Waals surface area (Å²) in [6.07, 6.45) is 2.04. The lowest BCUT2D eigenvalue weighted by molar-refractivity contribution is -0.0498. The van der Waals surface area contributed by atoms with Crippen LogP contribution in [0.2, 0.25) is 0 Å². The molecular weight excluding hydrogens is 493 g/mol. The molecule has 0 saturated carbocycles. The van der Waals surface area contributed by atoms with Gasteiger partial charge in [-0.25, -0.2) is 4.99 Å². The first kappa shape index (κ1) is 25.1. The number of rotatable bonds is 10. The van der Waals surface area contributed by atoms with Crippen LogP contribution in [0.25, 0.3) is 0 Å². The van der Waals surface area contributed by atoms with Crippen LogP contribution in [0.5, 0.6) is 5.75 Å². The fourth-order valence-corrected chi connectivity index (χ4v) is 2.81. The number of nitrogens with zero attached hydrogens (tertiary/aromatic N) is 2. The van der Waals surface area contributed by atoms with Gasteiger partial charge in [-0.05, 0) is 37.5 Å². The van der Waals surface area contributed by atoms with Gasteiger partial charge in [-0.2, -0.15) is 8.78 Å². The third-order valence-electron chi connectivity index (χ3n) is 4.30. The normalized spacial score (nSPS) is 11.5. The van der Waals surface area contributed by atoms with Crippen molar-refractivity contribution in [2.24, 2.45) is 4.99 Å². The van der Waals surface area contributed by atoms with Gasteiger partial charge in [-0.1, -0.05) is 31.1 Å². The number of aliphatic imine (C=N–C) groups is 1. The molecule has 0 bridgehead atoms. The molecule has 0 radical (unpaired) electrons. The number of hydrogen-bond acceptors (Lipinski definition) is 4. The Bertz CT molecular complexity index is 752. The van der Waals surface area contributed by atoms with Crippen LogP contribution in [-0.4, -0.2) is 24.3 Å². The number of aromatic nitrogens is 1. The van der Waals surface area contributed by atoms with Crippen molar-refractivity contribution in [3.05, 3.63) is 47.3 Å². The van der Waals surface area contributed by atoms with Crippen LogP contribution >= 0.6 is 24.0 Å². The summed E-state index contributed by atoms with van der Waals surface area (Å²) in [5.74, 6) is 1.86. The van der Waals surface area contributed by atoms with E-state index in [4.69, 9.17) is 4.52 Å². The van der Waals surface area contributed by atoms with E-state index in [1.165, 1.54) is 6.07 Å². The van der Waals surface area contributed by atoms with E-state index in [0.717, 1.165) is 29.9 Å². The van der Waals surface area contributed by atoms with Crippen LogP contribution < -0.4 is 15.4 Å². The topological polar surface area (TPSA) is 71.7 Å². The molecule has 2 rings (SSSR count). The van der Waals surface area contributed by atoms with E-state index >= 15 is 0 Å². The molecule has 0 aliphatic carbocycles. The zero-order valence-electron chi connectivity index (χ0n) is 17.0. The minimum atomic E-state index is -2.84. The van der Waals surface area contributed by atoms with Crippen LogP contribution in [0.1, 0.15) is 56.5 Å². The molecule has 1 heterocycles. The first-order valence-electron chi connectivity index (χ1n) is 9.57. The second-order valence-electron chi connectivity index (χ2n) is 6.31. The lowest BCUT2D eigenvalue weighted by Gasteiger charge is -2.10. The monoisotopic (exact) mass is 522 g/mol. The third-order valence-corrected chi connectivity index (χ3v) is 4.30. The van der Waals surface area contributed by atoms with Gasteiger partial charge in [0, 0.05) is 18.5 Å². The Morgan fingerprint density at radius 1 is 1.17 bits per heavy atom. The van der Waals surface area contributed by atoms with E-state index in [1.807, 2.05) is 19.1 Å². The maximum absolute atomic E-state index is 12.3. The number of halogens is 3. The van der Waals surface area contributed by atoms with Gasteiger partial charge in [0.15, 0.2) is 11.7 Å². The number of hydrogen-bond donors (Lipinski definition) is 2. The molecule has 0 saturated heterocycles. The summed E-state index contributed by atoms with van der Waals surface area (Å²) >= 11 is 0. The maximum atomic E-state index is 12.3. The molecule has 0 atom stereocenters. The second kappa shape index (κ2) is 13.3. The van der Waals surface area contributed by atoms with Gasteiger partial charge in [0.25, 0.3) is 0 Å². The Morgan fingerprint density at radius 3 is 2.59 bits per heavy atom. The average Bonchev–Trinajstić information content (AvgIpc) is 3.13. The van der Waals surface area contributed by atoms with Crippen LogP contribution in [-0.2, 0) is 13.1 Å². The predicted molar refractivity (Wildman–Crippen MR) is 120 cm³/mol. The molecule has 29 heavy (non-hydrogen) atoms. The Balaban J connectivity index is 0.00000420. The first-order valence-corrected chi connectivity index (χ1v) is 9.57. The van der Waals surface area contributed by atoms with Crippen LogP contribution in [0.4, 0.5) is 8.78 Å². The van der Waals surface area contributed by atoms with E-state index in [2.05, 4.69) is 39.4 Å². The van der Waals surface area contributed by atoms with E-state index in [1.54, 1.807) is 12.1 Å². The fraction of sp³-hybridized carbons (Fsp3) is 0.500. The van der Waals surface area contributed by atoms with Crippen molar-refractivity contribution in [1.82, 2.24) is 15.8 Å². The summed E-state index contributed by atoms with van der Waals surface area (Å²) < 4.78 is 34.5. The minimum absolute atomic E-state index is 0. The molecule has 1 aromatic heterocycles. The fourth-order valence-electron chi connectivity index (χ4n) is 2.81. The van der Waals surface area contributed by atoms with Crippen molar-refractivity contribution >= 4 is 29.9 Å².